The van der Waals surface area contributed by atoms with E-state index < -0.39 is 0 Å². The topological polar surface area (TPSA) is 30.4 Å². The van der Waals surface area contributed by atoms with Crippen LogP contribution < -0.4 is 0 Å². The van der Waals surface area contributed by atoms with Crippen LogP contribution in [-0.4, -0.2) is 9.56 Å². The largest absolute Gasteiger partial charge is 0.381 e. The molecule has 3 heteroatoms. The van der Waals surface area contributed by atoms with Gasteiger partial charge in [0.1, 0.15) is 6.26 Å². The maximum Gasteiger partial charge on any atom is 0.172 e. The van der Waals surface area contributed by atoms with Crippen molar-refractivity contribution in [3.63, 3.8) is 0 Å². The van der Waals surface area contributed by atoms with Crippen LogP contribution in [0.4, 0.5) is 0 Å². The lowest BCUT2D eigenvalue weighted by molar-refractivity contribution is 0.362. The van der Waals surface area contributed by atoms with Crippen molar-refractivity contribution >= 4 is 5.65 Å². The summed E-state index contributed by atoms with van der Waals surface area (Å²) in [4.78, 5) is 4.17. The highest BCUT2D eigenvalue weighted by atomic mass is 16.5. The Bertz CT molecular complexity index is 359. The van der Waals surface area contributed by atoms with Gasteiger partial charge in [0.15, 0.2) is 5.65 Å². The molecule has 2 rings (SSSR count). The van der Waals surface area contributed by atoms with Crippen molar-refractivity contribution in [1.29, 1.82) is 0 Å². The Morgan fingerprint density at radius 1 is 1.55 bits per heavy atom. The minimum Gasteiger partial charge on any atom is -0.381 e. The molecule has 11 heavy (non-hydrogen) atoms. The van der Waals surface area contributed by atoms with Gasteiger partial charge in [0, 0.05) is 6.07 Å². The zero-order chi connectivity index (χ0) is 7.84. The number of aromatic nitrogens is 2. The van der Waals surface area contributed by atoms with Gasteiger partial charge in [-0.15, -0.1) is 0 Å². The van der Waals surface area contributed by atoms with Crippen molar-refractivity contribution in [1.82, 2.24) is 9.56 Å². The molecule has 0 bridgehead atoms. The van der Waals surface area contributed by atoms with E-state index in [0.717, 1.165) is 11.3 Å². The number of imidazole rings is 1. The molecule has 2 aromatic rings. The first-order valence-corrected chi connectivity index (χ1v) is 3.70. The van der Waals surface area contributed by atoms with Crippen LogP contribution in [0.1, 0.15) is 25.5 Å². The van der Waals surface area contributed by atoms with Gasteiger partial charge in [0.05, 0.1) is 11.9 Å². The second kappa shape index (κ2) is 2.12. The summed E-state index contributed by atoms with van der Waals surface area (Å²) >= 11 is 0. The fraction of sp³-hybridized carbons (Fsp3) is 0.375. The van der Waals surface area contributed by atoms with E-state index in [9.17, 15) is 0 Å². The lowest BCUT2D eigenvalue weighted by Gasteiger charge is -1.98. The molecule has 3 nitrogen and oxygen atoms in total. The van der Waals surface area contributed by atoms with Gasteiger partial charge < -0.3 is 4.52 Å². The molecular weight excluding hydrogens is 140 g/mol. The van der Waals surface area contributed by atoms with Gasteiger partial charge in [-0.25, -0.2) is 4.98 Å². The van der Waals surface area contributed by atoms with Crippen molar-refractivity contribution < 1.29 is 4.52 Å². The second-order valence-electron chi connectivity index (χ2n) is 2.90. The molecule has 0 atom stereocenters. The smallest absolute Gasteiger partial charge is 0.172 e. The Hall–Kier alpha value is -1.25. The monoisotopic (exact) mass is 150 g/mol. The van der Waals surface area contributed by atoms with Crippen LogP contribution in [0.15, 0.2) is 23.0 Å². The molecule has 0 saturated carbocycles. The van der Waals surface area contributed by atoms with E-state index in [1.54, 1.807) is 10.8 Å². The van der Waals surface area contributed by atoms with Gasteiger partial charge in [-0.3, -0.25) is 0 Å². The lowest BCUT2D eigenvalue weighted by atomic mass is 10.2. The first kappa shape index (κ1) is 6.46. The minimum absolute atomic E-state index is 0.455. The van der Waals surface area contributed by atoms with E-state index in [4.69, 9.17) is 4.52 Å². The zero-order valence-electron chi connectivity index (χ0n) is 6.61. The van der Waals surface area contributed by atoms with E-state index in [2.05, 4.69) is 18.8 Å². The highest BCUT2D eigenvalue weighted by Crippen LogP contribution is 2.15. The fourth-order valence-electron chi connectivity index (χ4n) is 1.13. The molecule has 0 spiro atoms. The maximum absolute atomic E-state index is 5.20. The minimum atomic E-state index is 0.455. The highest BCUT2D eigenvalue weighted by Gasteiger charge is 2.07. The van der Waals surface area contributed by atoms with Gasteiger partial charge in [0.25, 0.3) is 0 Å². The molecule has 0 aromatic carbocycles. The van der Waals surface area contributed by atoms with E-state index >= 15 is 0 Å². The number of nitrogens with zero attached hydrogens (tertiary/aromatic N) is 2. The molecule has 2 aromatic heterocycles. The molecule has 0 amide bonds. The van der Waals surface area contributed by atoms with E-state index in [-0.39, 0.29) is 0 Å². The zero-order valence-corrected chi connectivity index (χ0v) is 6.61. The number of hydrogen-bond donors (Lipinski definition) is 0. The molecule has 58 valence electrons. The molecule has 0 aliphatic heterocycles. The van der Waals surface area contributed by atoms with Gasteiger partial charge in [-0.05, 0) is 5.92 Å². The molecule has 0 aliphatic carbocycles. The van der Waals surface area contributed by atoms with Crippen LogP contribution in [0, 0.1) is 0 Å². The summed E-state index contributed by atoms with van der Waals surface area (Å²) in [5.41, 5.74) is 2.00. The Labute approximate surface area is 64.6 Å². The van der Waals surface area contributed by atoms with Crippen molar-refractivity contribution in [3.8, 4) is 0 Å². The average molecular weight is 150 g/mol. The Balaban J connectivity index is 2.68. The Morgan fingerprint density at radius 2 is 2.36 bits per heavy atom. The van der Waals surface area contributed by atoms with Crippen molar-refractivity contribution in [2.75, 3.05) is 0 Å². The molecule has 0 unspecified atom stereocenters. The first-order chi connectivity index (χ1) is 5.29. The van der Waals surface area contributed by atoms with Crippen LogP contribution in [0.25, 0.3) is 5.65 Å². The van der Waals surface area contributed by atoms with Crippen molar-refractivity contribution in [2.45, 2.75) is 19.8 Å². The van der Waals surface area contributed by atoms with Gasteiger partial charge in [0.2, 0.25) is 0 Å². The van der Waals surface area contributed by atoms with E-state index in [1.165, 1.54) is 0 Å². The van der Waals surface area contributed by atoms with Gasteiger partial charge in [-0.1, -0.05) is 13.8 Å². The number of fused-ring (bicyclic) bond motifs is 1. The quantitative estimate of drug-likeness (QED) is 0.622. The Morgan fingerprint density at radius 3 is 3.09 bits per heavy atom. The third-order valence-electron chi connectivity index (χ3n) is 1.75. The number of rotatable bonds is 1. The lowest BCUT2D eigenvalue weighted by Crippen LogP contribution is -1.90. The molecule has 0 fully saturated rings. The van der Waals surface area contributed by atoms with Crippen LogP contribution >= 0.6 is 0 Å². The summed E-state index contributed by atoms with van der Waals surface area (Å²) < 4.78 is 6.96. The molecule has 0 aliphatic rings. The molecular formula is C8H10N2O. The normalized spacial score (nSPS) is 11.5. The highest BCUT2D eigenvalue weighted by molar-refractivity contribution is 5.37. The van der Waals surface area contributed by atoms with Crippen LogP contribution in [0.2, 0.25) is 0 Å². The second-order valence-corrected chi connectivity index (χ2v) is 2.90. The summed E-state index contributed by atoms with van der Waals surface area (Å²) in [7, 11) is 0. The van der Waals surface area contributed by atoms with Gasteiger partial charge in [-0.2, -0.15) is 4.57 Å². The van der Waals surface area contributed by atoms with Crippen LogP contribution in [0.5, 0.6) is 0 Å². The molecule has 0 saturated heterocycles. The van der Waals surface area contributed by atoms with Crippen LogP contribution in [0.3, 0.4) is 0 Å². The Kier molecular flexibility index (Phi) is 1.24. The van der Waals surface area contributed by atoms with E-state index in [0.29, 0.717) is 5.92 Å². The predicted molar refractivity (Wildman–Crippen MR) is 41.5 cm³/mol. The summed E-state index contributed by atoms with van der Waals surface area (Å²) in [5.74, 6) is 0.455. The summed E-state index contributed by atoms with van der Waals surface area (Å²) in [6.07, 6.45) is 3.50. The van der Waals surface area contributed by atoms with Gasteiger partial charge >= 0.3 is 0 Å². The summed E-state index contributed by atoms with van der Waals surface area (Å²) in [5, 5.41) is 0. The molecule has 0 N–H and O–H groups in total. The summed E-state index contributed by atoms with van der Waals surface area (Å²) in [6.45, 7) is 4.23. The first-order valence-electron chi connectivity index (χ1n) is 3.70. The van der Waals surface area contributed by atoms with Crippen LogP contribution in [-0.2, 0) is 0 Å². The maximum atomic E-state index is 5.20. The fourth-order valence-corrected chi connectivity index (χ4v) is 1.13. The van der Waals surface area contributed by atoms with E-state index in [1.807, 2.05) is 12.3 Å². The SMILES string of the molecule is CC(C)c1cnc2ccon12. The predicted octanol–water partition coefficient (Wildman–Crippen LogP) is 2.05. The molecule has 2 heterocycles. The average Bonchev–Trinajstić information content (AvgIpc) is 2.41. The van der Waals surface area contributed by atoms with Crippen molar-refractivity contribution in [2.24, 2.45) is 0 Å². The van der Waals surface area contributed by atoms with Crippen molar-refractivity contribution in [3.05, 3.63) is 24.2 Å². The summed E-state index contributed by atoms with van der Waals surface area (Å²) in [6, 6.07) is 1.85. The third-order valence-corrected chi connectivity index (χ3v) is 1.75. The molecule has 0 radical (unpaired) electrons. The third kappa shape index (κ3) is 0.843. The standard InChI is InChI=1S/C8H10N2O/c1-6(2)7-5-9-8-3-4-11-10(7)8/h3-6H,1-2H3. The number of hydrogen-bond acceptors (Lipinski definition) is 2.